The first kappa shape index (κ1) is 20.6. The second-order valence-corrected chi connectivity index (χ2v) is 7.68. The number of unbranched alkanes of at least 4 members (excludes halogenated alkanes) is 2. The zero-order chi connectivity index (χ0) is 19.9. The average molecular weight is 389 g/mol. The van der Waals surface area contributed by atoms with Gasteiger partial charge in [-0.05, 0) is 12.5 Å². The van der Waals surface area contributed by atoms with Crippen LogP contribution in [0.2, 0.25) is 0 Å². The minimum absolute atomic E-state index is 0.0442. The Hall–Kier alpha value is -2.08. The Morgan fingerprint density at radius 1 is 1.29 bits per heavy atom. The Balaban J connectivity index is 1.88. The van der Waals surface area contributed by atoms with Crippen LogP contribution >= 0.6 is 0 Å². The fourth-order valence-corrected chi connectivity index (χ4v) is 4.24. The van der Waals surface area contributed by atoms with Crippen LogP contribution in [0, 0.1) is 5.92 Å². The standard InChI is InChI=1S/C22H32N2O4/c1-3-4-5-10-21(26)24-12-11-20(25)23(13-14-27-2)15-17-16-28-19-9-7-6-8-18(19)22(17)24/h6-9,17,22H,3-5,10-16H2,1-2H3/t17-,22-/m0/s1. The van der Waals surface area contributed by atoms with Crippen LogP contribution in [0.15, 0.2) is 24.3 Å². The van der Waals surface area contributed by atoms with Crippen LogP contribution in [0.4, 0.5) is 0 Å². The van der Waals surface area contributed by atoms with Crippen molar-refractivity contribution in [3.8, 4) is 5.75 Å². The van der Waals surface area contributed by atoms with Crippen molar-refractivity contribution in [2.45, 2.75) is 45.1 Å². The predicted molar refractivity (Wildman–Crippen MR) is 107 cm³/mol. The fraction of sp³-hybridized carbons (Fsp3) is 0.636. The molecule has 154 valence electrons. The van der Waals surface area contributed by atoms with Gasteiger partial charge >= 0.3 is 0 Å². The highest BCUT2D eigenvalue weighted by Gasteiger charge is 2.40. The van der Waals surface area contributed by atoms with Gasteiger partial charge in [-0.3, -0.25) is 9.59 Å². The summed E-state index contributed by atoms with van der Waals surface area (Å²) in [4.78, 5) is 29.6. The van der Waals surface area contributed by atoms with Gasteiger partial charge in [-0.25, -0.2) is 0 Å². The molecule has 0 aromatic heterocycles. The quantitative estimate of drug-likeness (QED) is 0.674. The van der Waals surface area contributed by atoms with Crippen LogP contribution in [0.3, 0.4) is 0 Å². The molecule has 1 aromatic rings. The van der Waals surface area contributed by atoms with Gasteiger partial charge in [0.15, 0.2) is 0 Å². The number of carbonyl (C=O) groups excluding carboxylic acids is 2. The van der Waals surface area contributed by atoms with Crippen LogP contribution in [-0.2, 0) is 14.3 Å². The van der Waals surface area contributed by atoms with Crippen LogP contribution in [0.25, 0.3) is 0 Å². The van der Waals surface area contributed by atoms with Crippen LogP contribution in [0.1, 0.15) is 50.6 Å². The van der Waals surface area contributed by atoms with Gasteiger partial charge in [-0.2, -0.15) is 0 Å². The van der Waals surface area contributed by atoms with Gasteiger partial charge in [-0.15, -0.1) is 0 Å². The molecule has 2 aliphatic rings. The number of hydrogen-bond acceptors (Lipinski definition) is 4. The number of methoxy groups -OCH3 is 1. The van der Waals surface area contributed by atoms with Crippen molar-refractivity contribution in [1.82, 2.24) is 9.80 Å². The van der Waals surface area contributed by atoms with Gasteiger partial charge in [0.25, 0.3) is 0 Å². The Morgan fingerprint density at radius 3 is 2.89 bits per heavy atom. The molecule has 6 nitrogen and oxygen atoms in total. The van der Waals surface area contributed by atoms with E-state index < -0.39 is 0 Å². The highest BCUT2D eigenvalue weighted by molar-refractivity contribution is 5.80. The minimum atomic E-state index is -0.0442. The lowest BCUT2D eigenvalue weighted by Crippen LogP contribution is -2.51. The van der Waals surface area contributed by atoms with Crippen molar-refractivity contribution in [2.75, 3.05) is 40.0 Å². The summed E-state index contributed by atoms with van der Waals surface area (Å²) < 4.78 is 11.2. The summed E-state index contributed by atoms with van der Waals surface area (Å²) in [7, 11) is 1.65. The van der Waals surface area contributed by atoms with Gasteiger partial charge in [0.2, 0.25) is 11.8 Å². The molecule has 0 unspecified atom stereocenters. The summed E-state index contributed by atoms with van der Waals surface area (Å²) in [6.07, 6.45) is 3.94. The van der Waals surface area contributed by atoms with E-state index in [1.54, 1.807) is 7.11 Å². The van der Waals surface area contributed by atoms with E-state index in [9.17, 15) is 9.59 Å². The highest BCUT2D eigenvalue weighted by Crippen LogP contribution is 2.41. The average Bonchev–Trinajstić information content (AvgIpc) is 2.70. The van der Waals surface area contributed by atoms with E-state index >= 15 is 0 Å². The summed E-state index contributed by atoms with van der Waals surface area (Å²) >= 11 is 0. The maximum atomic E-state index is 13.1. The fourth-order valence-electron chi connectivity index (χ4n) is 4.24. The number of hydrogen-bond donors (Lipinski definition) is 0. The van der Waals surface area contributed by atoms with E-state index in [4.69, 9.17) is 9.47 Å². The van der Waals surface area contributed by atoms with Crippen LogP contribution in [-0.4, -0.2) is 61.6 Å². The van der Waals surface area contributed by atoms with Gasteiger partial charge in [0.1, 0.15) is 5.75 Å². The van der Waals surface area contributed by atoms with E-state index in [1.165, 1.54) is 0 Å². The molecule has 1 aromatic carbocycles. The number of fused-ring (bicyclic) bond motifs is 3. The topological polar surface area (TPSA) is 59.1 Å². The van der Waals surface area contributed by atoms with Gasteiger partial charge in [-0.1, -0.05) is 38.0 Å². The normalized spacial score (nSPS) is 22.0. The highest BCUT2D eigenvalue weighted by atomic mass is 16.5. The zero-order valence-electron chi connectivity index (χ0n) is 17.1. The molecular weight excluding hydrogens is 356 g/mol. The Morgan fingerprint density at radius 2 is 2.11 bits per heavy atom. The van der Waals surface area contributed by atoms with Crippen molar-refractivity contribution >= 4 is 11.8 Å². The molecular formula is C22H32N2O4. The number of para-hydroxylation sites is 1. The van der Waals surface area contributed by atoms with Gasteiger partial charge in [0.05, 0.1) is 19.3 Å². The van der Waals surface area contributed by atoms with E-state index in [0.29, 0.717) is 45.7 Å². The van der Waals surface area contributed by atoms with E-state index in [2.05, 4.69) is 13.0 Å². The molecule has 0 bridgehead atoms. The molecule has 2 amide bonds. The van der Waals surface area contributed by atoms with Crippen LogP contribution in [0.5, 0.6) is 5.75 Å². The number of carbonyl (C=O) groups is 2. The third-order valence-electron chi connectivity index (χ3n) is 5.73. The maximum Gasteiger partial charge on any atom is 0.224 e. The van der Waals surface area contributed by atoms with Crippen molar-refractivity contribution in [3.05, 3.63) is 29.8 Å². The maximum absolute atomic E-state index is 13.1. The molecule has 0 aliphatic carbocycles. The first-order chi connectivity index (χ1) is 13.7. The molecule has 0 N–H and O–H groups in total. The molecule has 0 radical (unpaired) electrons. The molecule has 0 saturated carbocycles. The van der Waals surface area contributed by atoms with Crippen LogP contribution < -0.4 is 4.74 Å². The Labute approximate surface area is 167 Å². The van der Waals surface area contributed by atoms with Crippen molar-refractivity contribution < 1.29 is 19.1 Å². The molecule has 3 rings (SSSR count). The molecule has 0 spiro atoms. The number of amides is 2. The zero-order valence-corrected chi connectivity index (χ0v) is 17.1. The largest absolute Gasteiger partial charge is 0.493 e. The number of nitrogens with zero attached hydrogens (tertiary/aromatic N) is 2. The Kier molecular flexibility index (Phi) is 7.31. The molecule has 1 fully saturated rings. The number of ether oxygens (including phenoxy) is 2. The lowest BCUT2D eigenvalue weighted by Gasteiger charge is -2.44. The molecule has 6 heteroatoms. The summed E-state index contributed by atoms with van der Waals surface area (Å²) in [5, 5.41) is 0. The molecule has 28 heavy (non-hydrogen) atoms. The molecule has 1 saturated heterocycles. The predicted octanol–water partition coefficient (Wildman–Crippen LogP) is 3.02. The summed E-state index contributed by atoms with van der Waals surface area (Å²) in [5.41, 5.74) is 1.06. The first-order valence-electron chi connectivity index (χ1n) is 10.4. The second kappa shape index (κ2) is 9.92. The SMILES string of the molecule is CCCCCC(=O)N1CCC(=O)N(CCOC)C[C@H]2COc3ccccc3[C@H]21. The van der Waals surface area contributed by atoms with E-state index in [0.717, 1.165) is 30.6 Å². The summed E-state index contributed by atoms with van der Waals surface area (Å²) in [5.74, 6) is 1.15. The monoisotopic (exact) mass is 388 g/mol. The first-order valence-corrected chi connectivity index (χ1v) is 10.4. The summed E-state index contributed by atoms with van der Waals surface area (Å²) in [6, 6.07) is 7.94. The molecule has 2 aliphatic heterocycles. The molecule has 2 atom stereocenters. The smallest absolute Gasteiger partial charge is 0.224 e. The summed E-state index contributed by atoms with van der Waals surface area (Å²) in [6.45, 7) is 4.78. The third kappa shape index (κ3) is 4.66. The van der Waals surface area contributed by atoms with E-state index in [1.807, 2.05) is 28.0 Å². The van der Waals surface area contributed by atoms with Crippen molar-refractivity contribution in [2.24, 2.45) is 5.92 Å². The number of benzene rings is 1. The van der Waals surface area contributed by atoms with Crippen molar-refractivity contribution in [3.63, 3.8) is 0 Å². The van der Waals surface area contributed by atoms with E-state index in [-0.39, 0.29) is 23.8 Å². The lowest BCUT2D eigenvalue weighted by molar-refractivity contribution is -0.142. The third-order valence-corrected chi connectivity index (χ3v) is 5.73. The lowest BCUT2D eigenvalue weighted by atomic mass is 9.87. The number of rotatable bonds is 7. The van der Waals surface area contributed by atoms with Gasteiger partial charge in [0, 0.05) is 51.1 Å². The van der Waals surface area contributed by atoms with Crippen molar-refractivity contribution in [1.29, 1.82) is 0 Å². The van der Waals surface area contributed by atoms with Gasteiger partial charge < -0.3 is 19.3 Å². The molecule has 2 heterocycles. The Bertz CT molecular complexity index is 678. The minimum Gasteiger partial charge on any atom is -0.493 e. The second-order valence-electron chi connectivity index (χ2n) is 7.68.